The highest BCUT2D eigenvalue weighted by molar-refractivity contribution is 5.32. The van der Waals surface area contributed by atoms with Crippen LogP contribution in [0, 0.1) is 13.8 Å². The Hall–Kier alpha value is -1.03. The van der Waals surface area contributed by atoms with Crippen molar-refractivity contribution in [1.29, 1.82) is 0 Å². The lowest BCUT2D eigenvalue weighted by Gasteiger charge is -2.17. The monoisotopic (exact) mass is 245 g/mol. The Morgan fingerprint density at radius 2 is 1.88 bits per heavy atom. The van der Waals surface area contributed by atoms with Gasteiger partial charge in [0.25, 0.3) is 0 Å². The first-order valence-corrected chi connectivity index (χ1v) is 5.67. The summed E-state index contributed by atoms with van der Waals surface area (Å²) in [6.45, 7) is 5.79. The van der Waals surface area contributed by atoms with E-state index < -0.39 is 12.6 Å². The summed E-state index contributed by atoms with van der Waals surface area (Å²) in [4.78, 5) is 0. The van der Waals surface area contributed by atoms with Crippen LogP contribution in [0.5, 0.6) is 0 Å². The number of halogens is 3. The van der Waals surface area contributed by atoms with Crippen molar-refractivity contribution < 1.29 is 13.2 Å². The zero-order valence-corrected chi connectivity index (χ0v) is 10.4. The fraction of sp³-hybridized carbons (Fsp3) is 0.538. The maximum Gasteiger partial charge on any atom is 0.390 e. The molecule has 0 amide bonds. The highest BCUT2D eigenvalue weighted by atomic mass is 19.4. The van der Waals surface area contributed by atoms with Crippen LogP contribution >= 0.6 is 0 Å². The SMILES string of the molecule is Cc1ccc(C)c(C(C)NCCC(F)(F)F)c1. The molecular weight excluding hydrogens is 227 g/mol. The molecule has 0 saturated heterocycles. The van der Waals surface area contributed by atoms with Crippen LogP contribution < -0.4 is 5.32 Å². The van der Waals surface area contributed by atoms with Gasteiger partial charge in [-0.15, -0.1) is 0 Å². The van der Waals surface area contributed by atoms with Crippen LogP contribution in [-0.2, 0) is 0 Å². The van der Waals surface area contributed by atoms with Gasteiger partial charge in [0, 0.05) is 12.6 Å². The van der Waals surface area contributed by atoms with Gasteiger partial charge in [-0.25, -0.2) is 0 Å². The van der Waals surface area contributed by atoms with E-state index in [-0.39, 0.29) is 12.6 Å². The Bertz CT molecular complexity index is 371. The fourth-order valence-electron chi connectivity index (χ4n) is 1.77. The van der Waals surface area contributed by atoms with Crippen molar-refractivity contribution in [2.75, 3.05) is 6.54 Å². The van der Waals surface area contributed by atoms with Gasteiger partial charge in [0.2, 0.25) is 0 Å². The molecule has 1 nitrogen and oxygen atoms in total. The van der Waals surface area contributed by atoms with Crippen molar-refractivity contribution in [2.24, 2.45) is 0 Å². The summed E-state index contributed by atoms with van der Waals surface area (Å²) in [5, 5.41) is 2.90. The molecule has 1 unspecified atom stereocenters. The standard InChI is InChI=1S/C13H18F3N/c1-9-4-5-10(2)12(8-9)11(3)17-7-6-13(14,15)16/h4-5,8,11,17H,6-7H2,1-3H3. The van der Waals surface area contributed by atoms with Crippen molar-refractivity contribution in [2.45, 2.75) is 39.4 Å². The minimum atomic E-state index is -4.09. The van der Waals surface area contributed by atoms with Gasteiger partial charge in [-0.05, 0) is 31.9 Å². The molecule has 1 atom stereocenters. The quantitative estimate of drug-likeness (QED) is 0.848. The largest absolute Gasteiger partial charge is 0.390 e. The summed E-state index contributed by atoms with van der Waals surface area (Å²) in [6, 6.07) is 5.95. The predicted molar refractivity (Wildman–Crippen MR) is 63.0 cm³/mol. The summed E-state index contributed by atoms with van der Waals surface area (Å²) >= 11 is 0. The number of alkyl halides is 3. The van der Waals surface area contributed by atoms with E-state index in [0.717, 1.165) is 16.7 Å². The minimum Gasteiger partial charge on any atom is -0.310 e. The van der Waals surface area contributed by atoms with Crippen molar-refractivity contribution >= 4 is 0 Å². The van der Waals surface area contributed by atoms with Gasteiger partial charge in [0.05, 0.1) is 6.42 Å². The second-order valence-electron chi connectivity index (χ2n) is 4.40. The molecule has 1 aromatic rings. The zero-order chi connectivity index (χ0) is 13.1. The molecule has 0 bridgehead atoms. The molecule has 96 valence electrons. The topological polar surface area (TPSA) is 12.0 Å². The van der Waals surface area contributed by atoms with Crippen molar-refractivity contribution in [3.05, 3.63) is 34.9 Å². The summed E-state index contributed by atoms with van der Waals surface area (Å²) in [7, 11) is 0. The van der Waals surface area contributed by atoms with Crippen LogP contribution in [0.15, 0.2) is 18.2 Å². The average Bonchev–Trinajstić information content (AvgIpc) is 2.19. The van der Waals surface area contributed by atoms with E-state index in [2.05, 4.69) is 5.32 Å². The van der Waals surface area contributed by atoms with Crippen LogP contribution in [0.4, 0.5) is 13.2 Å². The number of hydrogen-bond donors (Lipinski definition) is 1. The van der Waals surface area contributed by atoms with E-state index in [1.54, 1.807) is 0 Å². The first kappa shape index (κ1) is 14.0. The van der Waals surface area contributed by atoms with Gasteiger partial charge in [-0.1, -0.05) is 23.8 Å². The average molecular weight is 245 g/mol. The van der Waals surface area contributed by atoms with E-state index >= 15 is 0 Å². The molecule has 0 aliphatic heterocycles. The molecule has 4 heteroatoms. The first-order chi connectivity index (χ1) is 7.79. The summed E-state index contributed by atoms with van der Waals surface area (Å²) < 4.78 is 36.0. The third kappa shape index (κ3) is 4.77. The molecule has 0 heterocycles. The Balaban J connectivity index is 2.58. The third-order valence-corrected chi connectivity index (χ3v) is 2.76. The molecule has 0 spiro atoms. The number of benzene rings is 1. The molecule has 0 aliphatic rings. The summed E-state index contributed by atoms with van der Waals surface area (Å²) in [5.41, 5.74) is 3.28. The highest BCUT2D eigenvalue weighted by Crippen LogP contribution is 2.21. The lowest BCUT2D eigenvalue weighted by molar-refractivity contribution is -0.133. The zero-order valence-electron chi connectivity index (χ0n) is 10.4. The molecule has 0 aliphatic carbocycles. The Morgan fingerprint density at radius 3 is 2.47 bits per heavy atom. The van der Waals surface area contributed by atoms with Crippen LogP contribution in [0.25, 0.3) is 0 Å². The third-order valence-electron chi connectivity index (χ3n) is 2.76. The Kier molecular flexibility index (Phi) is 4.57. The lowest BCUT2D eigenvalue weighted by Crippen LogP contribution is -2.25. The lowest BCUT2D eigenvalue weighted by atomic mass is 10.00. The molecule has 1 rings (SSSR count). The summed E-state index contributed by atoms with van der Waals surface area (Å²) in [5.74, 6) is 0. The van der Waals surface area contributed by atoms with E-state index in [4.69, 9.17) is 0 Å². The van der Waals surface area contributed by atoms with E-state index in [1.807, 2.05) is 39.0 Å². The Labute approximate surface area is 100 Å². The van der Waals surface area contributed by atoms with Crippen LogP contribution in [-0.4, -0.2) is 12.7 Å². The molecule has 1 aromatic carbocycles. The molecule has 1 N–H and O–H groups in total. The van der Waals surface area contributed by atoms with Crippen molar-refractivity contribution in [3.63, 3.8) is 0 Å². The second-order valence-corrected chi connectivity index (χ2v) is 4.40. The summed E-state index contributed by atoms with van der Waals surface area (Å²) in [6.07, 6.45) is -4.88. The Morgan fingerprint density at radius 1 is 1.24 bits per heavy atom. The second kappa shape index (κ2) is 5.54. The maximum absolute atomic E-state index is 12.0. The highest BCUT2D eigenvalue weighted by Gasteiger charge is 2.26. The molecule has 0 aromatic heterocycles. The normalized spacial score (nSPS) is 13.8. The number of rotatable bonds is 4. The van der Waals surface area contributed by atoms with Crippen LogP contribution in [0.1, 0.15) is 36.1 Å². The van der Waals surface area contributed by atoms with Gasteiger partial charge in [-0.2, -0.15) is 13.2 Å². The van der Waals surface area contributed by atoms with Gasteiger partial charge in [0.1, 0.15) is 0 Å². The minimum absolute atomic E-state index is 0.0436. The first-order valence-electron chi connectivity index (χ1n) is 5.67. The smallest absolute Gasteiger partial charge is 0.310 e. The molecule has 0 fully saturated rings. The van der Waals surface area contributed by atoms with Crippen LogP contribution in [0.3, 0.4) is 0 Å². The molecule has 17 heavy (non-hydrogen) atoms. The van der Waals surface area contributed by atoms with Crippen molar-refractivity contribution in [3.8, 4) is 0 Å². The van der Waals surface area contributed by atoms with Gasteiger partial charge < -0.3 is 5.32 Å². The van der Waals surface area contributed by atoms with E-state index in [9.17, 15) is 13.2 Å². The van der Waals surface area contributed by atoms with E-state index in [1.165, 1.54) is 0 Å². The molecule has 0 saturated carbocycles. The van der Waals surface area contributed by atoms with E-state index in [0.29, 0.717) is 0 Å². The number of nitrogens with one attached hydrogen (secondary N) is 1. The number of aryl methyl sites for hydroxylation is 2. The fourth-order valence-corrected chi connectivity index (χ4v) is 1.77. The predicted octanol–water partition coefficient (Wildman–Crippen LogP) is 3.91. The number of hydrogen-bond acceptors (Lipinski definition) is 1. The van der Waals surface area contributed by atoms with Crippen LogP contribution in [0.2, 0.25) is 0 Å². The maximum atomic E-state index is 12.0. The molecular formula is C13H18F3N. The van der Waals surface area contributed by atoms with Gasteiger partial charge in [-0.3, -0.25) is 0 Å². The molecule has 0 radical (unpaired) electrons. The van der Waals surface area contributed by atoms with Crippen molar-refractivity contribution in [1.82, 2.24) is 5.32 Å². The van der Waals surface area contributed by atoms with Gasteiger partial charge in [0.15, 0.2) is 0 Å². The van der Waals surface area contributed by atoms with Gasteiger partial charge >= 0.3 is 6.18 Å².